The first kappa shape index (κ1) is 16.3. The molecule has 0 spiro atoms. The molecule has 0 aliphatic carbocycles. The van der Waals surface area contributed by atoms with E-state index in [0.29, 0.717) is 6.54 Å². The van der Waals surface area contributed by atoms with Crippen LogP contribution in [-0.2, 0) is 12.7 Å². The number of rotatable bonds is 2. The second-order valence-electron chi connectivity index (χ2n) is 4.83. The van der Waals surface area contributed by atoms with Gasteiger partial charge in [0.15, 0.2) is 0 Å². The van der Waals surface area contributed by atoms with Crippen LogP contribution in [0.5, 0.6) is 0 Å². The Kier molecular flexibility index (Phi) is 5.64. The van der Waals surface area contributed by atoms with E-state index in [9.17, 15) is 13.2 Å². The number of alkyl halides is 3. The summed E-state index contributed by atoms with van der Waals surface area (Å²) >= 11 is 0. The average molecular weight is 295 g/mol. The van der Waals surface area contributed by atoms with E-state index in [-0.39, 0.29) is 18.4 Å². The summed E-state index contributed by atoms with van der Waals surface area (Å²) in [6.07, 6.45) is -2.17. The molecule has 0 aromatic heterocycles. The average Bonchev–Trinajstić information content (AvgIpc) is 2.28. The highest BCUT2D eigenvalue weighted by Crippen LogP contribution is 2.29. The number of hydrogen-bond donors (Lipinski definition) is 1. The lowest BCUT2D eigenvalue weighted by atomic mass is 10.1. The van der Waals surface area contributed by atoms with Crippen molar-refractivity contribution in [2.24, 2.45) is 5.73 Å². The van der Waals surface area contributed by atoms with Crippen molar-refractivity contribution < 1.29 is 13.2 Å². The van der Waals surface area contributed by atoms with E-state index in [1.54, 1.807) is 12.1 Å². The Balaban J connectivity index is 0.00000180. The molecule has 1 aliphatic heterocycles. The van der Waals surface area contributed by atoms with Gasteiger partial charge in [-0.3, -0.25) is 4.90 Å². The van der Waals surface area contributed by atoms with E-state index < -0.39 is 11.7 Å². The summed E-state index contributed by atoms with van der Waals surface area (Å²) in [5.74, 6) is 0. The van der Waals surface area contributed by atoms with Crippen molar-refractivity contribution in [3.05, 3.63) is 35.4 Å². The Morgan fingerprint density at radius 2 is 1.84 bits per heavy atom. The molecule has 0 amide bonds. The number of hydrogen-bond acceptors (Lipinski definition) is 2. The minimum Gasteiger partial charge on any atom is -0.327 e. The standard InChI is InChI=1S/C13H17F3N2.ClH/c14-13(15,16)11-5-3-10(4-6-11)8-18-7-1-2-12(17)9-18;/h3-6,12H,1-2,7-9,17H2;1H/t12-;/m1./s1. The third-order valence-electron chi connectivity index (χ3n) is 3.23. The number of nitrogens with zero attached hydrogens (tertiary/aromatic N) is 1. The van der Waals surface area contributed by atoms with Crippen molar-refractivity contribution in [1.29, 1.82) is 0 Å². The molecule has 2 rings (SSSR count). The molecule has 0 bridgehead atoms. The molecule has 1 aromatic carbocycles. The SMILES string of the molecule is Cl.N[C@@H]1CCCN(Cc2ccc(C(F)(F)F)cc2)C1. The summed E-state index contributed by atoms with van der Waals surface area (Å²) in [6.45, 7) is 2.46. The predicted octanol–water partition coefficient (Wildman–Crippen LogP) is 3.05. The van der Waals surface area contributed by atoms with Gasteiger partial charge in [0.25, 0.3) is 0 Å². The first-order chi connectivity index (χ1) is 8.45. The van der Waals surface area contributed by atoms with E-state index in [1.165, 1.54) is 0 Å². The van der Waals surface area contributed by atoms with Crippen molar-refractivity contribution in [2.75, 3.05) is 13.1 Å². The van der Waals surface area contributed by atoms with Crippen LogP contribution in [0.2, 0.25) is 0 Å². The van der Waals surface area contributed by atoms with Crippen molar-refractivity contribution in [1.82, 2.24) is 4.90 Å². The van der Waals surface area contributed by atoms with Crippen LogP contribution < -0.4 is 5.73 Å². The number of likely N-dealkylation sites (tertiary alicyclic amines) is 1. The molecule has 1 saturated heterocycles. The second-order valence-corrected chi connectivity index (χ2v) is 4.83. The van der Waals surface area contributed by atoms with Crippen molar-refractivity contribution in [3.63, 3.8) is 0 Å². The van der Waals surface area contributed by atoms with E-state index in [1.807, 2.05) is 0 Å². The van der Waals surface area contributed by atoms with Crippen LogP contribution in [0, 0.1) is 0 Å². The molecule has 2 N–H and O–H groups in total. The third-order valence-corrected chi connectivity index (χ3v) is 3.23. The fourth-order valence-electron chi connectivity index (χ4n) is 2.29. The van der Waals surface area contributed by atoms with Gasteiger partial charge in [-0.25, -0.2) is 0 Å². The number of nitrogens with two attached hydrogens (primary N) is 1. The zero-order valence-electron chi connectivity index (χ0n) is 10.5. The summed E-state index contributed by atoms with van der Waals surface area (Å²) in [5, 5.41) is 0. The molecule has 0 unspecified atom stereocenters. The van der Waals surface area contributed by atoms with Crippen LogP contribution >= 0.6 is 12.4 Å². The van der Waals surface area contributed by atoms with Gasteiger partial charge in [-0.1, -0.05) is 12.1 Å². The van der Waals surface area contributed by atoms with Crippen LogP contribution in [-0.4, -0.2) is 24.0 Å². The lowest BCUT2D eigenvalue weighted by molar-refractivity contribution is -0.137. The molecule has 2 nitrogen and oxygen atoms in total. The quantitative estimate of drug-likeness (QED) is 0.908. The van der Waals surface area contributed by atoms with Crippen molar-refractivity contribution in [2.45, 2.75) is 31.6 Å². The van der Waals surface area contributed by atoms with Gasteiger partial charge in [0.2, 0.25) is 0 Å². The van der Waals surface area contributed by atoms with Gasteiger partial charge >= 0.3 is 6.18 Å². The van der Waals surface area contributed by atoms with Gasteiger partial charge in [-0.05, 0) is 37.1 Å². The van der Waals surface area contributed by atoms with Crippen LogP contribution in [0.3, 0.4) is 0 Å². The van der Waals surface area contributed by atoms with E-state index in [0.717, 1.165) is 43.6 Å². The van der Waals surface area contributed by atoms with Crippen molar-refractivity contribution >= 4 is 12.4 Å². The van der Waals surface area contributed by atoms with Crippen LogP contribution in [0.25, 0.3) is 0 Å². The summed E-state index contributed by atoms with van der Waals surface area (Å²) in [6, 6.07) is 5.55. The molecule has 108 valence electrons. The summed E-state index contributed by atoms with van der Waals surface area (Å²) in [4.78, 5) is 2.19. The zero-order valence-corrected chi connectivity index (χ0v) is 11.3. The highest BCUT2D eigenvalue weighted by atomic mass is 35.5. The Morgan fingerprint density at radius 1 is 1.21 bits per heavy atom. The fraction of sp³-hybridized carbons (Fsp3) is 0.538. The predicted molar refractivity (Wildman–Crippen MR) is 71.2 cm³/mol. The Morgan fingerprint density at radius 3 is 2.37 bits per heavy atom. The first-order valence-corrected chi connectivity index (χ1v) is 6.09. The fourth-order valence-corrected chi connectivity index (χ4v) is 2.29. The van der Waals surface area contributed by atoms with Gasteiger partial charge in [0, 0.05) is 19.1 Å². The molecular weight excluding hydrogens is 277 g/mol. The number of piperidine rings is 1. The molecular formula is C13H18ClF3N2. The van der Waals surface area contributed by atoms with Gasteiger partial charge < -0.3 is 5.73 Å². The van der Waals surface area contributed by atoms with Crippen molar-refractivity contribution in [3.8, 4) is 0 Å². The molecule has 0 radical (unpaired) electrons. The largest absolute Gasteiger partial charge is 0.416 e. The molecule has 1 aliphatic rings. The summed E-state index contributed by atoms with van der Waals surface area (Å²) in [5.41, 5.74) is 6.17. The zero-order chi connectivity index (χ0) is 13.2. The minimum atomic E-state index is -4.26. The first-order valence-electron chi connectivity index (χ1n) is 6.09. The number of halogens is 4. The van der Waals surface area contributed by atoms with Gasteiger partial charge in [-0.2, -0.15) is 13.2 Å². The molecule has 1 fully saturated rings. The highest BCUT2D eigenvalue weighted by molar-refractivity contribution is 5.85. The molecule has 1 heterocycles. The van der Waals surface area contributed by atoms with Crippen LogP contribution in [0.4, 0.5) is 13.2 Å². The third kappa shape index (κ3) is 4.67. The maximum absolute atomic E-state index is 12.4. The lowest BCUT2D eigenvalue weighted by Crippen LogP contribution is -2.42. The van der Waals surface area contributed by atoms with Crippen LogP contribution in [0.1, 0.15) is 24.0 Å². The monoisotopic (exact) mass is 294 g/mol. The molecule has 0 saturated carbocycles. The maximum atomic E-state index is 12.4. The maximum Gasteiger partial charge on any atom is 0.416 e. The lowest BCUT2D eigenvalue weighted by Gasteiger charge is -2.30. The Hall–Kier alpha value is -0.780. The molecule has 6 heteroatoms. The van der Waals surface area contributed by atoms with Gasteiger partial charge in [0.05, 0.1) is 5.56 Å². The Labute approximate surface area is 117 Å². The minimum absolute atomic E-state index is 0. The molecule has 1 aromatic rings. The summed E-state index contributed by atoms with van der Waals surface area (Å²) < 4.78 is 37.2. The summed E-state index contributed by atoms with van der Waals surface area (Å²) in [7, 11) is 0. The molecule has 1 atom stereocenters. The normalized spacial score (nSPS) is 20.9. The second kappa shape index (κ2) is 6.59. The van der Waals surface area contributed by atoms with E-state index >= 15 is 0 Å². The van der Waals surface area contributed by atoms with E-state index in [2.05, 4.69) is 4.90 Å². The highest BCUT2D eigenvalue weighted by Gasteiger charge is 2.30. The van der Waals surface area contributed by atoms with Crippen LogP contribution in [0.15, 0.2) is 24.3 Å². The molecule has 19 heavy (non-hydrogen) atoms. The smallest absolute Gasteiger partial charge is 0.327 e. The van der Waals surface area contributed by atoms with Gasteiger partial charge in [-0.15, -0.1) is 12.4 Å². The van der Waals surface area contributed by atoms with Gasteiger partial charge in [0.1, 0.15) is 0 Å². The Bertz CT molecular complexity index is 392. The topological polar surface area (TPSA) is 29.3 Å². The van der Waals surface area contributed by atoms with E-state index in [4.69, 9.17) is 5.73 Å². The number of benzene rings is 1.